The summed E-state index contributed by atoms with van der Waals surface area (Å²) in [6, 6.07) is 4.51. The molecule has 0 radical (unpaired) electrons. The Bertz CT molecular complexity index is 474. The lowest BCUT2D eigenvalue weighted by atomic mass is 9.98. The summed E-state index contributed by atoms with van der Waals surface area (Å²) in [5.74, 6) is -0.422. The molecular formula is C13H12ClFN2. The summed E-state index contributed by atoms with van der Waals surface area (Å²) in [5, 5.41) is 3.52. The van der Waals surface area contributed by atoms with E-state index in [1.165, 1.54) is 6.07 Å². The van der Waals surface area contributed by atoms with Crippen molar-refractivity contribution < 1.29 is 4.39 Å². The van der Waals surface area contributed by atoms with Crippen LogP contribution in [0.15, 0.2) is 23.8 Å². The summed E-state index contributed by atoms with van der Waals surface area (Å²) in [5.41, 5.74) is 1.63. The SMILES string of the molecule is [C-]#[N+]C(=C1CCNCC1)c1c(F)cccc1Cl. The number of hydrogen-bond donors (Lipinski definition) is 1. The lowest BCUT2D eigenvalue weighted by molar-refractivity contribution is 0.607. The number of benzene rings is 1. The Balaban J connectivity index is 2.53. The fraction of sp³-hybridized carbons (Fsp3) is 0.308. The third-order valence-corrected chi connectivity index (χ3v) is 3.17. The molecule has 0 saturated carbocycles. The van der Waals surface area contributed by atoms with Gasteiger partial charge in [0.05, 0.1) is 6.57 Å². The summed E-state index contributed by atoms with van der Waals surface area (Å²) in [6.07, 6.45) is 1.56. The van der Waals surface area contributed by atoms with E-state index in [-0.39, 0.29) is 5.56 Å². The predicted octanol–water partition coefficient (Wildman–Crippen LogP) is 3.49. The zero-order chi connectivity index (χ0) is 12.3. The van der Waals surface area contributed by atoms with Gasteiger partial charge in [0.2, 0.25) is 0 Å². The molecule has 0 bridgehead atoms. The van der Waals surface area contributed by atoms with Crippen molar-refractivity contribution in [1.29, 1.82) is 0 Å². The van der Waals surface area contributed by atoms with Gasteiger partial charge in [-0.3, -0.25) is 0 Å². The van der Waals surface area contributed by atoms with Crippen LogP contribution in [0.3, 0.4) is 0 Å². The highest BCUT2D eigenvalue weighted by Gasteiger charge is 2.18. The predicted molar refractivity (Wildman–Crippen MR) is 67.0 cm³/mol. The van der Waals surface area contributed by atoms with Gasteiger partial charge >= 0.3 is 0 Å². The van der Waals surface area contributed by atoms with Gasteiger partial charge in [0.15, 0.2) is 5.70 Å². The molecule has 1 aromatic rings. The number of nitrogens with one attached hydrogen (secondary N) is 1. The molecule has 1 saturated heterocycles. The van der Waals surface area contributed by atoms with Crippen molar-refractivity contribution in [2.24, 2.45) is 0 Å². The highest BCUT2D eigenvalue weighted by molar-refractivity contribution is 6.32. The molecule has 88 valence electrons. The Kier molecular flexibility index (Phi) is 3.78. The molecule has 0 aromatic heterocycles. The zero-order valence-corrected chi connectivity index (χ0v) is 10.0. The number of nitrogens with zero attached hydrogens (tertiary/aromatic N) is 1. The molecule has 2 nitrogen and oxygen atoms in total. The van der Waals surface area contributed by atoms with Crippen LogP contribution in [0.4, 0.5) is 4.39 Å². The summed E-state index contributed by atoms with van der Waals surface area (Å²) in [6.45, 7) is 8.92. The van der Waals surface area contributed by atoms with E-state index in [9.17, 15) is 4.39 Å². The Labute approximate surface area is 105 Å². The first-order chi connectivity index (χ1) is 8.24. The van der Waals surface area contributed by atoms with Crippen LogP contribution in [0.1, 0.15) is 18.4 Å². The third-order valence-electron chi connectivity index (χ3n) is 2.85. The highest BCUT2D eigenvalue weighted by atomic mass is 35.5. The van der Waals surface area contributed by atoms with Gasteiger partial charge in [-0.05, 0) is 38.1 Å². The van der Waals surface area contributed by atoms with Crippen molar-refractivity contribution in [2.75, 3.05) is 13.1 Å². The Hall–Kier alpha value is -1.37. The number of piperidine rings is 1. The molecular weight excluding hydrogens is 239 g/mol. The average molecular weight is 251 g/mol. The van der Waals surface area contributed by atoms with E-state index in [0.29, 0.717) is 10.7 Å². The maximum atomic E-state index is 13.8. The van der Waals surface area contributed by atoms with Gasteiger partial charge in [0.25, 0.3) is 0 Å². The van der Waals surface area contributed by atoms with Gasteiger partial charge in [-0.25, -0.2) is 9.24 Å². The van der Waals surface area contributed by atoms with E-state index >= 15 is 0 Å². The summed E-state index contributed by atoms with van der Waals surface area (Å²) >= 11 is 5.99. The zero-order valence-electron chi connectivity index (χ0n) is 9.26. The fourth-order valence-electron chi connectivity index (χ4n) is 2.00. The molecule has 4 heteroatoms. The molecule has 0 atom stereocenters. The number of rotatable bonds is 1. The van der Waals surface area contributed by atoms with Crippen LogP contribution < -0.4 is 5.32 Å². The Morgan fingerprint density at radius 1 is 1.35 bits per heavy atom. The smallest absolute Gasteiger partial charge is 0.198 e. The van der Waals surface area contributed by atoms with Crippen molar-refractivity contribution in [2.45, 2.75) is 12.8 Å². The van der Waals surface area contributed by atoms with Crippen LogP contribution in [-0.4, -0.2) is 13.1 Å². The Morgan fingerprint density at radius 3 is 2.65 bits per heavy atom. The molecule has 0 aliphatic carbocycles. The van der Waals surface area contributed by atoms with Crippen LogP contribution in [0.2, 0.25) is 5.02 Å². The van der Waals surface area contributed by atoms with Crippen molar-refractivity contribution in [3.05, 3.63) is 51.6 Å². The van der Waals surface area contributed by atoms with Crippen molar-refractivity contribution >= 4 is 17.3 Å². The minimum absolute atomic E-state index is 0.251. The second-order valence-electron chi connectivity index (χ2n) is 3.91. The molecule has 17 heavy (non-hydrogen) atoms. The molecule has 1 aliphatic heterocycles. The second-order valence-corrected chi connectivity index (χ2v) is 4.32. The topological polar surface area (TPSA) is 16.4 Å². The van der Waals surface area contributed by atoms with Gasteiger partial charge < -0.3 is 5.32 Å². The first kappa shape index (κ1) is 12.1. The monoisotopic (exact) mass is 250 g/mol. The maximum absolute atomic E-state index is 13.8. The van der Waals surface area contributed by atoms with Gasteiger partial charge in [-0.15, -0.1) is 0 Å². The lowest BCUT2D eigenvalue weighted by Crippen LogP contribution is -2.23. The van der Waals surface area contributed by atoms with Crippen LogP contribution >= 0.6 is 11.6 Å². The molecule has 1 aromatic carbocycles. The molecule has 0 amide bonds. The van der Waals surface area contributed by atoms with Crippen LogP contribution in [-0.2, 0) is 0 Å². The van der Waals surface area contributed by atoms with E-state index in [4.69, 9.17) is 18.2 Å². The number of hydrogen-bond acceptors (Lipinski definition) is 1. The standard InChI is InChI=1S/C13H12ClFN2/c1-16-13(9-5-7-17-8-6-9)12-10(14)3-2-4-11(12)15/h2-4,17H,5-8H2. The minimum Gasteiger partial charge on any atom is -0.316 e. The first-order valence-corrected chi connectivity index (χ1v) is 5.86. The van der Waals surface area contributed by atoms with Crippen LogP contribution in [0, 0.1) is 12.4 Å². The number of halogens is 2. The van der Waals surface area contributed by atoms with Gasteiger partial charge in [0.1, 0.15) is 5.82 Å². The van der Waals surface area contributed by atoms with Gasteiger partial charge in [-0.2, -0.15) is 0 Å². The molecule has 1 N–H and O–H groups in total. The molecule has 0 spiro atoms. The quantitative estimate of drug-likeness (QED) is 0.755. The molecule has 2 rings (SSSR count). The second kappa shape index (κ2) is 5.31. The molecule has 0 unspecified atom stereocenters. The van der Waals surface area contributed by atoms with Crippen molar-refractivity contribution in [1.82, 2.24) is 5.32 Å². The van der Waals surface area contributed by atoms with Crippen molar-refractivity contribution in [3.8, 4) is 0 Å². The largest absolute Gasteiger partial charge is 0.316 e. The average Bonchev–Trinajstić information content (AvgIpc) is 2.35. The van der Waals surface area contributed by atoms with E-state index in [2.05, 4.69) is 10.2 Å². The summed E-state index contributed by atoms with van der Waals surface area (Å²) < 4.78 is 13.8. The van der Waals surface area contributed by atoms with Crippen LogP contribution in [0.5, 0.6) is 0 Å². The molecule has 1 heterocycles. The van der Waals surface area contributed by atoms with E-state index in [1.807, 2.05) is 0 Å². The normalized spacial score (nSPS) is 15.5. The van der Waals surface area contributed by atoms with E-state index in [0.717, 1.165) is 31.5 Å². The third kappa shape index (κ3) is 2.49. The fourth-order valence-corrected chi connectivity index (χ4v) is 2.25. The Morgan fingerprint density at radius 2 is 2.06 bits per heavy atom. The lowest BCUT2D eigenvalue weighted by Gasteiger charge is -2.18. The van der Waals surface area contributed by atoms with Gasteiger partial charge in [-0.1, -0.05) is 23.2 Å². The van der Waals surface area contributed by atoms with E-state index in [1.54, 1.807) is 12.1 Å². The van der Waals surface area contributed by atoms with Crippen molar-refractivity contribution in [3.63, 3.8) is 0 Å². The first-order valence-electron chi connectivity index (χ1n) is 5.48. The molecule has 1 aliphatic rings. The van der Waals surface area contributed by atoms with Gasteiger partial charge in [0, 0.05) is 10.6 Å². The van der Waals surface area contributed by atoms with E-state index < -0.39 is 5.82 Å². The summed E-state index contributed by atoms with van der Waals surface area (Å²) in [4.78, 5) is 3.48. The minimum atomic E-state index is -0.422. The summed E-state index contributed by atoms with van der Waals surface area (Å²) in [7, 11) is 0. The molecule has 1 fully saturated rings. The maximum Gasteiger partial charge on any atom is 0.198 e. The highest BCUT2D eigenvalue weighted by Crippen LogP contribution is 2.32. The van der Waals surface area contributed by atoms with Crippen LogP contribution in [0.25, 0.3) is 10.5 Å².